The Morgan fingerprint density at radius 2 is 2.08 bits per heavy atom. The molecule has 1 N–H and O–H groups in total. The maximum Gasteiger partial charge on any atom is 0.280 e. The highest BCUT2D eigenvalue weighted by molar-refractivity contribution is 5.08. The van der Waals surface area contributed by atoms with E-state index in [1.54, 1.807) is 6.07 Å². The number of aryl methyl sites for hydroxylation is 1. The molecule has 6 nitrogen and oxygen atoms in total. The van der Waals surface area contributed by atoms with Crippen LogP contribution in [0.3, 0.4) is 0 Å². The van der Waals surface area contributed by atoms with Gasteiger partial charge < -0.3 is 14.4 Å². The van der Waals surface area contributed by atoms with Gasteiger partial charge in [-0.1, -0.05) is 0 Å². The second-order valence-corrected chi connectivity index (χ2v) is 6.81. The van der Waals surface area contributed by atoms with Crippen molar-refractivity contribution in [3.05, 3.63) is 52.1 Å². The Labute approximate surface area is 150 Å². The van der Waals surface area contributed by atoms with Crippen molar-refractivity contribution >= 4 is 0 Å². The van der Waals surface area contributed by atoms with Gasteiger partial charge in [-0.25, -0.2) is 13.8 Å². The van der Waals surface area contributed by atoms with E-state index >= 15 is 0 Å². The molecule has 0 aliphatic carbocycles. The van der Waals surface area contributed by atoms with Crippen LogP contribution in [0.25, 0.3) is 0 Å². The fraction of sp³-hybridized carbons (Fsp3) is 0.556. The lowest BCUT2D eigenvalue weighted by atomic mass is 9.96. The van der Waals surface area contributed by atoms with Gasteiger partial charge in [-0.15, -0.1) is 0 Å². The van der Waals surface area contributed by atoms with Crippen LogP contribution >= 0.6 is 0 Å². The van der Waals surface area contributed by atoms with E-state index in [0.717, 1.165) is 37.8 Å². The number of halogens is 2. The van der Waals surface area contributed by atoms with E-state index in [0.29, 0.717) is 18.8 Å². The van der Waals surface area contributed by atoms with E-state index in [-0.39, 0.29) is 5.92 Å². The van der Waals surface area contributed by atoms with Crippen LogP contribution in [-0.2, 0) is 6.54 Å². The first-order chi connectivity index (χ1) is 12.4. The monoisotopic (exact) mass is 367 g/mol. The summed E-state index contributed by atoms with van der Waals surface area (Å²) < 4.78 is 32.0. The number of piperidine rings is 1. The van der Waals surface area contributed by atoms with Gasteiger partial charge in [0.2, 0.25) is 0 Å². The summed E-state index contributed by atoms with van der Waals surface area (Å²) in [6.45, 7) is 4.43. The number of β-amino-alcohol motifs (C(OH)–C–C–N with tert-alkyl or cyclic N) is 1. The average molecular weight is 367 g/mol. The minimum absolute atomic E-state index is 0.283. The topological polar surface area (TPSA) is 71.5 Å². The molecule has 2 aromatic rings. The Kier molecular flexibility index (Phi) is 5.83. The zero-order valence-corrected chi connectivity index (χ0v) is 14.6. The van der Waals surface area contributed by atoms with Crippen molar-refractivity contribution in [1.29, 1.82) is 0 Å². The first-order valence-corrected chi connectivity index (χ1v) is 8.73. The quantitative estimate of drug-likeness (QED) is 0.850. The summed E-state index contributed by atoms with van der Waals surface area (Å²) in [5.41, 5.74) is -0.926. The lowest BCUT2D eigenvalue weighted by molar-refractivity contribution is 0.0724. The summed E-state index contributed by atoms with van der Waals surface area (Å²) in [6.07, 6.45) is -0.446. The molecule has 1 unspecified atom stereocenters. The molecular weight excluding hydrogens is 344 g/mol. The van der Waals surface area contributed by atoms with Crippen LogP contribution in [0.4, 0.5) is 8.78 Å². The van der Waals surface area contributed by atoms with Crippen LogP contribution in [0.15, 0.2) is 33.7 Å². The molecule has 26 heavy (non-hydrogen) atoms. The third-order valence-corrected chi connectivity index (χ3v) is 4.81. The van der Waals surface area contributed by atoms with Crippen molar-refractivity contribution in [2.75, 3.05) is 19.6 Å². The smallest absolute Gasteiger partial charge is 0.280 e. The summed E-state index contributed by atoms with van der Waals surface area (Å²) in [7, 11) is 0. The van der Waals surface area contributed by atoms with E-state index in [1.807, 2.05) is 13.0 Å². The maximum atomic E-state index is 12.6. The average Bonchev–Trinajstić information content (AvgIpc) is 3.05. The summed E-state index contributed by atoms with van der Waals surface area (Å²) in [4.78, 5) is 17.7. The first kappa shape index (κ1) is 18.7. The Bertz CT molecular complexity index is 782. The number of nitrogens with zero attached hydrogens (tertiary/aromatic N) is 3. The van der Waals surface area contributed by atoms with Gasteiger partial charge in [0.25, 0.3) is 12.0 Å². The standard InChI is InChI=1S/C18H23F2N3O3/c1-12-2-3-16(26-12)15(24)10-22-6-4-13(5-7-22)9-23-11-21-14(18(19)20)8-17(23)25/h2-3,8,11,13,15,18,24H,4-7,9-10H2,1H3. The van der Waals surface area contributed by atoms with E-state index in [2.05, 4.69) is 9.88 Å². The fourth-order valence-electron chi connectivity index (χ4n) is 3.29. The summed E-state index contributed by atoms with van der Waals surface area (Å²) in [6, 6.07) is 4.52. The Morgan fingerprint density at radius 3 is 2.65 bits per heavy atom. The predicted molar refractivity (Wildman–Crippen MR) is 91.0 cm³/mol. The van der Waals surface area contributed by atoms with Crippen LogP contribution in [0, 0.1) is 12.8 Å². The molecule has 1 fully saturated rings. The molecule has 1 aliphatic heterocycles. The molecule has 1 saturated heterocycles. The van der Waals surface area contributed by atoms with Crippen LogP contribution in [0.2, 0.25) is 0 Å². The lowest BCUT2D eigenvalue weighted by Gasteiger charge is -2.33. The molecule has 0 radical (unpaired) electrons. The zero-order valence-electron chi connectivity index (χ0n) is 14.6. The molecule has 8 heteroatoms. The molecule has 1 aliphatic rings. The van der Waals surface area contributed by atoms with Gasteiger partial charge in [0.15, 0.2) is 0 Å². The largest absolute Gasteiger partial charge is 0.464 e. The number of rotatable bonds is 6. The van der Waals surface area contributed by atoms with Crippen molar-refractivity contribution in [2.24, 2.45) is 5.92 Å². The van der Waals surface area contributed by atoms with Crippen LogP contribution in [0.1, 0.15) is 42.6 Å². The van der Waals surface area contributed by atoms with Gasteiger partial charge in [0.1, 0.15) is 23.3 Å². The van der Waals surface area contributed by atoms with Gasteiger partial charge >= 0.3 is 0 Å². The number of alkyl halides is 2. The van der Waals surface area contributed by atoms with Gasteiger partial charge in [-0.3, -0.25) is 9.36 Å². The van der Waals surface area contributed by atoms with Gasteiger partial charge in [0, 0.05) is 19.2 Å². The molecule has 3 heterocycles. The van der Waals surface area contributed by atoms with Crippen molar-refractivity contribution in [3.63, 3.8) is 0 Å². The van der Waals surface area contributed by atoms with E-state index < -0.39 is 23.8 Å². The third-order valence-electron chi connectivity index (χ3n) is 4.81. The molecule has 2 aromatic heterocycles. The zero-order chi connectivity index (χ0) is 18.7. The Balaban J connectivity index is 1.50. The molecule has 0 bridgehead atoms. The highest BCUT2D eigenvalue weighted by Crippen LogP contribution is 2.23. The van der Waals surface area contributed by atoms with Gasteiger partial charge in [-0.05, 0) is 50.9 Å². The summed E-state index contributed by atoms with van der Waals surface area (Å²) in [5, 5.41) is 10.2. The fourth-order valence-corrected chi connectivity index (χ4v) is 3.29. The normalized spacial score (nSPS) is 17.7. The number of hydrogen-bond donors (Lipinski definition) is 1. The maximum absolute atomic E-state index is 12.6. The van der Waals surface area contributed by atoms with Crippen molar-refractivity contribution in [1.82, 2.24) is 14.5 Å². The highest BCUT2D eigenvalue weighted by Gasteiger charge is 2.23. The Hall–Kier alpha value is -2.06. The molecule has 0 aromatic carbocycles. The molecular formula is C18H23F2N3O3. The molecule has 0 amide bonds. The van der Waals surface area contributed by atoms with Crippen LogP contribution < -0.4 is 5.56 Å². The van der Waals surface area contributed by atoms with Crippen molar-refractivity contribution < 1.29 is 18.3 Å². The second kappa shape index (κ2) is 8.09. The molecule has 3 rings (SSSR count). The number of hydrogen-bond acceptors (Lipinski definition) is 5. The predicted octanol–water partition coefficient (Wildman–Crippen LogP) is 2.53. The highest BCUT2D eigenvalue weighted by atomic mass is 19.3. The van der Waals surface area contributed by atoms with Crippen LogP contribution in [0.5, 0.6) is 0 Å². The molecule has 0 saturated carbocycles. The molecule has 1 atom stereocenters. The number of aromatic nitrogens is 2. The van der Waals surface area contributed by atoms with Gasteiger partial charge in [-0.2, -0.15) is 0 Å². The van der Waals surface area contributed by atoms with Gasteiger partial charge in [0.05, 0.1) is 6.33 Å². The number of furan rings is 1. The number of aliphatic hydroxyl groups is 1. The van der Waals surface area contributed by atoms with E-state index in [1.165, 1.54) is 10.9 Å². The van der Waals surface area contributed by atoms with E-state index in [4.69, 9.17) is 4.42 Å². The molecule has 0 spiro atoms. The van der Waals surface area contributed by atoms with E-state index in [9.17, 15) is 18.7 Å². The SMILES string of the molecule is Cc1ccc(C(O)CN2CCC(Cn3cnc(C(F)F)cc3=O)CC2)o1. The minimum atomic E-state index is -2.73. The van der Waals surface area contributed by atoms with Crippen molar-refractivity contribution in [2.45, 2.75) is 38.8 Å². The first-order valence-electron chi connectivity index (χ1n) is 8.73. The van der Waals surface area contributed by atoms with Crippen molar-refractivity contribution in [3.8, 4) is 0 Å². The molecule has 142 valence electrons. The minimum Gasteiger partial charge on any atom is -0.464 e. The number of aliphatic hydroxyl groups excluding tert-OH is 1. The summed E-state index contributed by atoms with van der Waals surface area (Å²) >= 11 is 0. The lowest BCUT2D eigenvalue weighted by Crippen LogP contribution is -2.38. The number of likely N-dealkylation sites (tertiary alicyclic amines) is 1. The summed E-state index contributed by atoms with van der Waals surface area (Å²) in [5.74, 6) is 1.63. The Morgan fingerprint density at radius 1 is 1.35 bits per heavy atom. The van der Waals surface area contributed by atoms with Crippen LogP contribution in [-0.4, -0.2) is 39.2 Å². The third kappa shape index (κ3) is 4.56. The second-order valence-electron chi connectivity index (χ2n) is 6.81.